The van der Waals surface area contributed by atoms with Gasteiger partial charge in [0.15, 0.2) is 0 Å². The van der Waals surface area contributed by atoms with Crippen LogP contribution in [0.2, 0.25) is 5.02 Å². The Kier molecular flexibility index (Phi) is 4.10. The Bertz CT molecular complexity index is 657. The number of pyridine rings is 1. The molecular weight excluding hydrogens is 292 g/mol. The van der Waals surface area contributed by atoms with Crippen LogP contribution in [0.1, 0.15) is 12.6 Å². The normalized spacial score (nSPS) is 22.4. The van der Waals surface area contributed by atoms with Gasteiger partial charge in [0.05, 0.1) is 30.0 Å². The molecule has 6 nitrogen and oxygen atoms in total. The summed E-state index contributed by atoms with van der Waals surface area (Å²) >= 11 is 5.93. The van der Waals surface area contributed by atoms with Crippen LogP contribution in [0.4, 0.5) is 0 Å². The van der Waals surface area contributed by atoms with Crippen LogP contribution in [0, 0.1) is 0 Å². The molecule has 0 bridgehead atoms. The van der Waals surface area contributed by atoms with Crippen LogP contribution in [-0.4, -0.2) is 40.6 Å². The number of nitrogens with zero attached hydrogens (tertiary/aromatic N) is 2. The molecule has 7 heteroatoms. The highest BCUT2D eigenvalue weighted by Gasteiger charge is 2.27. The maximum atomic E-state index is 12.1. The molecule has 1 saturated heterocycles. The van der Waals surface area contributed by atoms with Crippen LogP contribution >= 0.6 is 11.6 Å². The first-order valence-electron chi connectivity index (χ1n) is 6.89. The highest BCUT2D eigenvalue weighted by molar-refractivity contribution is 6.30. The average Bonchev–Trinajstić information content (AvgIpc) is 2.87. The van der Waals surface area contributed by atoms with E-state index in [2.05, 4.69) is 15.6 Å². The van der Waals surface area contributed by atoms with Gasteiger partial charge in [-0.1, -0.05) is 11.6 Å². The van der Waals surface area contributed by atoms with E-state index in [1.807, 2.05) is 23.6 Å². The third-order valence-electron chi connectivity index (χ3n) is 3.51. The maximum absolute atomic E-state index is 12.1. The van der Waals surface area contributed by atoms with Crippen molar-refractivity contribution in [3.8, 4) is 0 Å². The van der Waals surface area contributed by atoms with E-state index in [-0.39, 0.29) is 18.1 Å². The molecule has 112 valence electrons. The number of ether oxygens (including phenoxy) is 1. The molecule has 0 spiro atoms. The summed E-state index contributed by atoms with van der Waals surface area (Å²) < 4.78 is 7.31. The van der Waals surface area contributed by atoms with E-state index in [4.69, 9.17) is 16.3 Å². The summed E-state index contributed by atoms with van der Waals surface area (Å²) in [5, 5.41) is 6.69. The zero-order valence-electron chi connectivity index (χ0n) is 11.7. The molecule has 0 saturated carbocycles. The van der Waals surface area contributed by atoms with Crippen molar-refractivity contribution < 1.29 is 9.53 Å². The molecule has 2 aromatic heterocycles. The molecule has 1 amide bonds. The number of fused-ring (bicyclic) bond motifs is 1. The minimum atomic E-state index is -0.315. The zero-order valence-corrected chi connectivity index (χ0v) is 12.4. The Morgan fingerprint density at radius 3 is 3.24 bits per heavy atom. The molecule has 3 heterocycles. The molecule has 2 atom stereocenters. The monoisotopic (exact) mass is 308 g/mol. The topological polar surface area (TPSA) is 67.7 Å². The van der Waals surface area contributed by atoms with E-state index < -0.39 is 0 Å². The van der Waals surface area contributed by atoms with Crippen LogP contribution in [0.15, 0.2) is 24.5 Å². The van der Waals surface area contributed by atoms with Crippen LogP contribution in [0.5, 0.6) is 0 Å². The molecule has 0 aliphatic carbocycles. The molecule has 0 unspecified atom stereocenters. The number of carbonyl (C=O) groups excluding carboxylic acids is 1. The maximum Gasteiger partial charge on any atom is 0.240 e. The molecule has 1 aliphatic heterocycles. The lowest BCUT2D eigenvalue weighted by atomic mass is 10.1. The van der Waals surface area contributed by atoms with Gasteiger partial charge in [-0.15, -0.1) is 0 Å². The lowest BCUT2D eigenvalue weighted by molar-refractivity contribution is -0.129. The Labute approximate surface area is 127 Å². The van der Waals surface area contributed by atoms with Crippen molar-refractivity contribution in [3.63, 3.8) is 0 Å². The molecule has 1 fully saturated rings. The Morgan fingerprint density at radius 1 is 1.57 bits per heavy atom. The van der Waals surface area contributed by atoms with Gasteiger partial charge in [-0.3, -0.25) is 4.79 Å². The zero-order chi connectivity index (χ0) is 14.8. The van der Waals surface area contributed by atoms with Gasteiger partial charge in [0.1, 0.15) is 11.7 Å². The predicted molar refractivity (Wildman–Crippen MR) is 79.3 cm³/mol. The first kappa shape index (κ1) is 14.3. The van der Waals surface area contributed by atoms with Crippen LogP contribution in [-0.2, 0) is 16.1 Å². The lowest BCUT2D eigenvalue weighted by Crippen LogP contribution is -2.55. The first-order valence-corrected chi connectivity index (χ1v) is 7.27. The smallest absolute Gasteiger partial charge is 0.240 e. The lowest BCUT2D eigenvalue weighted by Gasteiger charge is -2.29. The van der Waals surface area contributed by atoms with E-state index in [1.165, 1.54) is 0 Å². The molecule has 2 aromatic rings. The van der Waals surface area contributed by atoms with Crippen molar-refractivity contribution in [1.29, 1.82) is 0 Å². The summed E-state index contributed by atoms with van der Waals surface area (Å²) in [7, 11) is 0. The summed E-state index contributed by atoms with van der Waals surface area (Å²) in [5.74, 6) is -0.0720. The van der Waals surface area contributed by atoms with Gasteiger partial charge in [-0.05, 0) is 19.1 Å². The quantitative estimate of drug-likeness (QED) is 0.887. The van der Waals surface area contributed by atoms with Crippen LogP contribution in [0.25, 0.3) is 5.65 Å². The van der Waals surface area contributed by atoms with Gasteiger partial charge >= 0.3 is 0 Å². The molecular formula is C14H17ClN4O2. The molecule has 0 aromatic carbocycles. The molecule has 3 rings (SSSR count). The van der Waals surface area contributed by atoms with Crippen molar-refractivity contribution in [2.75, 3.05) is 13.2 Å². The Balaban J connectivity index is 1.64. The van der Waals surface area contributed by atoms with E-state index in [1.54, 1.807) is 12.3 Å². The number of amides is 1. The van der Waals surface area contributed by atoms with Gasteiger partial charge in [0.25, 0.3) is 0 Å². The van der Waals surface area contributed by atoms with E-state index in [9.17, 15) is 4.79 Å². The largest absolute Gasteiger partial charge is 0.375 e. The molecule has 1 aliphatic rings. The molecule has 2 N–H and O–H groups in total. The van der Waals surface area contributed by atoms with Gasteiger partial charge in [-0.25, -0.2) is 4.98 Å². The number of halogens is 1. The highest BCUT2D eigenvalue weighted by atomic mass is 35.5. The molecule has 0 radical (unpaired) electrons. The van der Waals surface area contributed by atoms with E-state index >= 15 is 0 Å². The standard InChI is InChI=1S/C14H17ClN4O2/c1-9-13(16-4-5-21-9)14(20)17-6-11-8-19-7-10(15)2-3-12(19)18-11/h2-3,7-9,13,16H,4-6H2,1H3,(H,17,20)/t9-,13+/m1/s1. The highest BCUT2D eigenvalue weighted by Crippen LogP contribution is 2.12. The van der Waals surface area contributed by atoms with Gasteiger partial charge < -0.3 is 19.8 Å². The average molecular weight is 309 g/mol. The summed E-state index contributed by atoms with van der Waals surface area (Å²) in [4.78, 5) is 16.6. The van der Waals surface area contributed by atoms with Crippen LogP contribution in [0.3, 0.4) is 0 Å². The second kappa shape index (κ2) is 6.01. The van der Waals surface area contributed by atoms with Crippen molar-refractivity contribution in [2.24, 2.45) is 0 Å². The second-order valence-corrected chi connectivity index (χ2v) is 5.51. The number of hydrogen-bond donors (Lipinski definition) is 2. The number of rotatable bonds is 3. The Morgan fingerprint density at radius 2 is 2.43 bits per heavy atom. The molecule has 21 heavy (non-hydrogen) atoms. The summed E-state index contributed by atoms with van der Waals surface area (Å²) in [5.41, 5.74) is 1.59. The Hall–Kier alpha value is -1.63. The van der Waals surface area contributed by atoms with Crippen LogP contribution < -0.4 is 10.6 Å². The van der Waals surface area contributed by atoms with Gasteiger partial charge in [0.2, 0.25) is 5.91 Å². The summed E-state index contributed by atoms with van der Waals surface area (Å²) in [6.07, 6.45) is 3.52. The predicted octanol–water partition coefficient (Wildman–Crippen LogP) is 0.981. The van der Waals surface area contributed by atoms with Crippen molar-refractivity contribution in [1.82, 2.24) is 20.0 Å². The van der Waals surface area contributed by atoms with Gasteiger partial charge in [0, 0.05) is 18.9 Å². The minimum Gasteiger partial charge on any atom is -0.375 e. The fourth-order valence-corrected chi connectivity index (χ4v) is 2.59. The van der Waals surface area contributed by atoms with E-state index in [0.717, 1.165) is 11.3 Å². The number of aromatic nitrogens is 2. The van der Waals surface area contributed by atoms with Crippen molar-refractivity contribution in [2.45, 2.75) is 25.6 Å². The number of morpholine rings is 1. The fraction of sp³-hybridized carbons (Fsp3) is 0.429. The van der Waals surface area contributed by atoms with Crippen molar-refractivity contribution in [3.05, 3.63) is 35.2 Å². The minimum absolute atomic E-state index is 0.0720. The van der Waals surface area contributed by atoms with E-state index in [0.29, 0.717) is 24.7 Å². The number of carbonyl (C=O) groups is 1. The fourth-order valence-electron chi connectivity index (χ4n) is 2.42. The number of imidazole rings is 1. The number of nitrogens with one attached hydrogen (secondary N) is 2. The summed E-state index contributed by atoms with van der Waals surface area (Å²) in [6, 6.07) is 3.31. The SMILES string of the molecule is C[C@H]1OCCN[C@@H]1C(=O)NCc1cn2cc(Cl)ccc2n1. The second-order valence-electron chi connectivity index (χ2n) is 5.07. The third-order valence-corrected chi connectivity index (χ3v) is 3.73. The third kappa shape index (κ3) is 3.18. The first-order chi connectivity index (χ1) is 10.1. The number of hydrogen-bond acceptors (Lipinski definition) is 4. The van der Waals surface area contributed by atoms with Gasteiger partial charge in [-0.2, -0.15) is 0 Å². The summed E-state index contributed by atoms with van der Waals surface area (Å²) in [6.45, 7) is 3.60. The van der Waals surface area contributed by atoms with Crippen molar-refractivity contribution >= 4 is 23.2 Å².